The van der Waals surface area contributed by atoms with Gasteiger partial charge in [-0.05, 0) is 28.1 Å². The number of aromatic nitrogens is 3. The van der Waals surface area contributed by atoms with E-state index in [0.717, 1.165) is 0 Å². The number of fused-ring (bicyclic) bond motifs is 1. The number of hydrogen-bond acceptors (Lipinski definition) is 4. The molecule has 2 aromatic rings. The third kappa shape index (κ3) is 1.37. The molecule has 2 heterocycles. The molecule has 0 aliphatic carbocycles. The fraction of sp³-hybridized carbons (Fsp3) is 0.125. The van der Waals surface area contributed by atoms with Crippen LogP contribution in [0, 0.1) is 0 Å². The Hall–Kier alpha value is -1.43. The van der Waals surface area contributed by atoms with Crippen molar-refractivity contribution in [1.82, 2.24) is 14.6 Å². The van der Waals surface area contributed by atoms with Crippen molar-refractivity contribution in [1.29, 1.82) is 0 Å². The minimum atomic E-state index is -0.455. The smallest absolute Gasteiger partial charge is 0.358 e. The lowest BCUT2D eigenvalue weighted by molar-refractivity contribution is 0.0591. The molecule has 0 aliphatic heterocycles. The maximum atomic E-state index is 11.3. The summed E-state index contributed by atoms with van der Waals surface area (Å²) in [6.07, 6.45) is 1.43. The van der Waals surface area contributed by atoms with Crippen LogP contribution in [0.2, 0.25) is 0 Å². The van der Waals surface area contributed by atoms with Gasteiger partial charge in [0.2, 0.25) is 0 Å². The van der Waals surface area contributed by atoms with Crippen LogP contribution in [-0.4, -0.2) is 27.7 Å². The number of halogens is 1. The van der Waals surface area contributed by atoms with E-state index in [4.69, 9.17) is 0 Å². The van der Waals surface area contributed by atoms with Crippen LogP contribution in [0.3, 0.4) is 0 Å². The third-order valence-electron chi connectivity index (χ3n) is 1.72. The Morgan fingerprint density at radius 1 is 1.57 bits per heavy atom. The van der Waals surface area contributed by atoms with E-state index in [0.29, 0.717) is 15.9 Å². The number of carbonyl (C=O) groups excluding carboxylic acids is 1. The van der Waals surface area contributed by atoms with Gasteiger partial charge in [-0.25, -0.2) is 14.3 Å². The summed E-state index contributed by atoms with van der Waals surface area (Å²) in [6.45, 7) is 0. The van der Waals surface area contributed by atoms with Gasteiger partial charge in [0.25, 0.3) is 0 Å². The molecular formula is C8H6BrN3O2. The van der Waals surface area contributed by atoms with Gasteiger partial charge >= 0.3 is 5.97 Å². The first kappa shape index (κ1) is 9.14. The van der Waals surface area contributed by atoms with E-state index in [1.807, 2.05) is 0 Å². The lowest BCUT2D eigenvalue weighted by Crippen LogP contribution is -2.07. The molecule has 0 N–H and O–H groups in total. The first-order valence-corrected chi connectivity index (χ1v) is 4.60. The minimum Gasteiger partial charge on any atom is -0.464 e. The molecule has 14 heavy (non-hydrogen) atoms. The molecule has 6 heteroatoms. The van der Waals surface area contributed by atoms with Crippen molar-refractivity contribution in [2.75, 3.05) is 7.11 Å². The molecule has 0 radical (unpaired) electrons. The summed E-state index contributed by atoms with van der Waals surface area (Å²) < 4.78 is 6.65. The largest absolute Gasteiger partial charge is 0.464 e. The van der Waals surface area contributed by atoms with E-state index in [9.17, 15) is 4.79 Å². The van der Waals surface area contributed by atoms with E-state index < -0.39 is 5.97 Å². The van der Waals surface area contributed by atoms with Crippen LogP contribution in [0.1, 0.15) is 10.5 Å². The fourth-order valence-electron chi connectivity index (χ4n) is 1.09. The Bertz CT molecular complexity index is 494. The summed E-state index contributed by atoms with van der Waals surface area (Å²) in [7, 11) is 1.32. The summed E-state index contributed by atoms with van der Waals surface area (Å²) in [6, 6.07) is 3.51. The van der Waals surface area contributed by atoms with Crippen LogP contribution in [0.15, 0.2) is 22.9 Å². The number of hydrogen-bond donors (Lipinski definition) is 0. The number of carbonyl (C=O) groups is 1. The highest BCUT2D eigenvalue weighted by molar-refractivity contribution is 9.10. The first-order chi connectivity index (χ1) is 6.72. The maximum Gasteiger partial charge on any atom is 0.358 e. The van der Waals surface area contributed by atoms with Crippen LogP contribution < -0.4 is 0 Å². The second-order valence-electron chi connectivity index (χ2n) is 2.56. The lowest BCUT2D eigenvalue weighted by atomic mass is 10.5. The van der Waals surface area contributed by atoms with Crippen LogP contribution in [0.5, 0.6) is 0 Å². The molecule has 5 nitrogen and oxygen atoms in total. The van der Waals surface area contributed by atoms with Crippen molar-refractivity contribution in [2.24, 2.45) is 0 Å². The summed E-state index contributed by atoms with van der Waals surface area (Å²) in [5.41, 5.74) is 0.914. The zero-order chi connectivity index (χ0) is 10.1. The highest BCUT2D eigenvalue weighted by atomic mass is 79.9. The average molecular weight is 256 g/mol. The number of methoxy groups -OCH3 is 1. The Labute approximate surface area is 87.8 Å². The van der Waals surface area contributed by atoms with E-state index in [1.165, 1.54) is 17.8 Å². The van der Waals surface area contributed by atoms with E-state index in [-0.39, 0.29) is 0 Å². The van der Waals surface area contributed by atoms with Crippen molar-refractivity contribution in [3.63, 3.8) is 0 Å². The monoisotopic (exact) mass is 255 g/mol. The van der Waals surface area contributed by atoms with Gasteiger partial charge in [-0.15, -0.1) is 0 Å². The topological polar surface area (TPSA) is 56.5 Å². The lowest BCUT2D eigenvalue weighted by Gasteiger charge is -1.98. The standard InChI is InChI=1S/C8H6BrN3O2/c1-14-8(13)5-4-10-7-3-2-6(9)11-12(5)7/h2-4H,1H3. The molecule has 0 aromatic carbocycles. The van der Waals surface area contributed by atoms with Crippen LogP contribution in [0.4, 0.5) is 0 Å². The predicted molar refractivity (Wildman–Crippen MR) is 52.0 cm³/mol. The van der Waals surface area contributed by atoms with Gasteiger partial charge in [0.05, 0.1) is 13.3 Å². The molecule has 0 unspecified atom stereocenters. The number of esters is 1. The van der Waals surface area contributed by atoms with E-state index in [1.54, 1.807) is 12.1 Å². The fourth-order valence-corrected chi connectivity index (χ4v) is 1.39. The Morgan fingerprint density at radius 3 is 3.07 bits per heavy atom. The summed E-state index contributed by atoms with van der Waals surface area (Å²) in [5, 5.41) is 4.07. The molecular weight excluding hydrogens is 250 g/mol. The van der Waals surface area contributed by atoms with Gasteiger partial charge < -0.3 is 4.74 Å². The van der Waals surface area contributed by atoms with Gasteiger partial charge in [0.15, 0.2) is 11.3 Å². The van der Waals surface area contributed by atoms with Crippen molar-refractivity contribution in [3.8, 4) is 0 Å². The molecule has 0 aliphatic rings. The average Bonchev–Trinajstić information content (AvgIpc) is 2.59. The molecule has 0 amide bonds. The van der Waals surface area contributed by atoms with Crippen molar-refractivity contribution in [3.05, 3.63) is 28.6 Å². The minimum absolute atomic E-state index is 0.309. The molecule has 0 atom stereocenters. The van der Waals surface area contributed by atoms with Crippen LogP contribution >= 0.6 is 15.9 Å². The Morgan fingerprint density at radius 2 is 2.36 bits per heavy atom. The number of nitrogens with zero attached hydrogens (tertiary/aromatic N) is 3. The molecule has 72 valence electrons. The number of imidazole rings is 1. The number of rotatable bonds is 1. The first-order valence-electron chi connectivity index (χ1n) is 3.81. The summed E-state index contributed by atoms with van der Waals surface area (Å²) in [4.78, 5) is 15.3. The molecule has 2 rings (SSSR count). The summed E-state index contributed by atoms with van der Waals surface area (Å²) >= 11 is 3.21. The van der Waals surface area contributed by atoms with Gasteiger partial charge in [-0.2, -0.15) is 5.10 Å². The SMILES string of the molecule is COC(=O)c1cnc2ccc(Br)nn12. The molecule has 0 spiro atoms. The molecule has 0 saturated heterocycles. The molecule has 0 saturated carbocycles. The number of ether oxygens (including phenoxy) is 1. The van der Waals surface area contributed by atoms with Crippen molar-refractivity contribution in [2.45, 2.75) is 0 Å². The molecule has 0 bridgehead atoms. The third-order valence-corrected chi connectivity index (χ3v) is 2.15. The quantitative estimate of drug-likeness (QED) is 0.721. The second-order valence-corrected chi connectivity index (χ2v) is 3.37. The Kier molecular flexibility index (Phi) is 2.20. The maximum absolute atomic E-state index is 11.3. The van der Waals surface area contributed by atoms with Gasteiger partial charge in [0.1, 0.15) is 4.60 Å². The molecule has 0 fully saturated rings. The second kappa shape index (κ2) is 3.38. The predicted octanol–water partition coefficient (Wildman–Crippen LogP) is 1.28. The molecule has 2 aromatic heterocycles. The van der Waals surface area contributed by atoms with Crippen LogP contribution in [0.25, 0.3) is 5.65 Å². The highest BCUT2D eigenvalue weighted by Gasteiger charge is 2.12. The van der Waals surface area contributed by atoms with Crippen LogP contribution in [-0.2, 0) is 4.74 Å². The van der Waals surface area contributed by atoms with Gasteiger partial charge in [-0.1, -0.05) is 0 Å². The van der Waals surface area contributed by atoms with Gasteiger partial charge in [0, 0.05) is 0 Å². The normalized spacial score (nSPS) is 10.4. The van der Waals surface area contributed by atoms with Crippen molar-refractivity contribution >= 4 is 27.5 Å². The van der Waals surface area contributed by atoms with E-state index in [2.05, 4.69) is 30.7 Å². The Balaban J connectivity index is 2.67. The zero-order valence-corrected chi connectivity index (χ0v) is 8.85. The van der Waals surface area contributed by atoms with E-state index >= 15 is 0 Å². The highest BCUT2D eigenvalue weighted by Crippen LogP contribution is 2.10. The van der Waals surface area contributed by atoms with Crippen molar-refractivity contribution < 1.29 is 9.53 Å². The zero-order valence-electron chi connectivity index (χ0n) is 7.27. The summed E-state index contributed by atoms with van der Waals surface area (Å²) in [5.74, 6) is -0.455. The van der Waals surface area contributed by atoms with Gasteiger partial charge in [-0.3, -0.25) is 0 Å².